The average molecular weight is 287 g/mol. The van der Waals surface area contributed by atoms with E-state index in [1.807, 2.05) is 0 Å². The van der Waals surface area contributed by atoms with Gasteiger partial charge in [-0.15, -0.1) is 0 Å². The van der Waals surface area contributed by atoms with E-state index in [0.717, 1.165) is 0 Å². The number of hydrogen-bond donors (Lipinski definition) is 3. The fourth-order valence-corrected chi connectivity index (χ4v) is 1.84. The number of nitrogens with zero attached hydrogens (tertiary/aromatic N) is 3. The minimum absolute atomic E-state index is 0.0954. The van der Waals surface area contributed by atoms with E-state index < -0.39 is 18.2 Å². The number of rotatable bonds is 4. The molecule has 0 amide bonds. The molecule has 19 heavy (non-hydrogen) atoms. The number of hydrogen-bond acceptors (Lipinski definition) is 7. The summed E-state index contributed by atoms with van der Waals surface area (Å²) in [5.41, 5.74) is 0.413. The van der Waals surface area contributed by atoms with Crippen LogP contribution in [0.4, 0.5) is 0 Å². The maximum absolute atomic E-state index is 11.1. The van der Waals surface area contributed by atoms with Crippen molar-refractivity contribution in [1.82, 2.24) is 20.2 Å². The zero-order valence-electron chi connectivity index (χ0n) is 9.87. The van der Waals surface area contributed by atoms with Gasteiger partial charge in [0.05, 0.1) is 30.7 Å². The smallest absolute Gasteiger partial charge is 0.308 e. The van der Waals surface area contributed by atoms with Crippen LogP contribution >= 0.6 is 11.6 Å². The first-order valence-electron chi connectivity index (χ1n) is 5.32. The van der Waals surface area contributed by atoms with E-state index in [4.69, 9.17) is 11.6 Å². The summed E-state index contributed by atoms with van der Waals surface area (Å²) in [7, 11) is 1.19. The fraction of sp³-hybridized carbons (Fsp3) is 0.400. The molecule has 0 aliphatic heterocycles. The summed E-state index contributed by atoms with van der Waals surface area (Å²) in [4.78, 5) is 18.7. The molecular weight excluding hydrogens is 276 g/mol. The van der Waals surface area contributed by atoms with Gasteiger partial charge in [0.15, 0.2) is 5.65 Å². The van der Waals surface area contributed by atoms with Crippen molar-refractivity contribution in [2.24, 2.45) is 0 Å². The predicted molar refractivity (Wildman–Crippen MR) is 64.3 cm³/mol. The predicted octanol–water partition coefficient (Wildman–Crippen LogP) is -0.0363. The van der Waals surface area contributed by atoms with Crippen LogP contribution < -0.4 is 0 Å². The summed E-state index contributed by atoms with van der Waals surface area (Å²) < 4.78 is 4.41. The molecule has 8 nitrogen and oxygen atoms in total. The Morgan fingerprint density at radius 1 is 1.53 bits per heavy atom. The standard InChI is InChI=1S/C10H11ClN4O4/c1-19-5(17)2-4(16)8(18)7-6-9(11)12-3-13-10(6)15-14-7/h3-4,8,16,18H,2H2,1H3,(H,12,13,14,15). The first-order chi connectivity index (χ1) is 9.04. The van der Waals surface area contributed by atoms with Crippen LogP contribution in [0.5, 0.6) is 0 Å². The SMILES string of the molecule is COC(=O)CC(O)C(O)c1[nH]nc2ncnc(Cl)c12. The number of nitrogens with one attached hydrogen (secondary N) is 1. The second-order valence-corrected chi connectivity index (χ2v) is 4.15. The first kappa shape index (κ1) is 13.7. The van der Waals surface area contributed by atoms with Gasteiger partial charge in [0, 0.05) is 0 Å². The zero-order valence-corrected chi connectivity index (χ0v) is 10.6. The summed E-state index contributed by atoms with van der Waals surface area (Å²) in [6.07, 6.45) is -1.87. The number of halogens is 1. The molecule has 0 radical (unpaired) electrons. The molecule has 0 saturated carbocycles. The van der Waals surface area contributed by atoms with Crippen LogP contribution in [-0.2, 0) is 9.53 Å². The van der Waals surface area contributed by atoms with Gasteiger partial charge in [0.1, 0.15) is 17.6 Å². The maximum Gasteiger partial charge on any atom is 0.308 e. The molecule has 9 heteroatoms. The van der Waals surface area contributed by atoms with Crippen molar-refractivity contribution in [1.29, 1.82) is 0 Å². The Morgan fingerprint density at radius 2 is 2.26 bits per heavy atom. The number of aromatic nitrogens is 4. The fourth-order valence-electron chi connectivity index (χ4n) is 1.61. The lowest BCUT2D eigenvalue weighted by atomic mass is 10.1. The van der Waals surface area contributed by atoms with E-state index in [2.05, 4.69) is 24.9 Å². The number of aromatic amines is 1. The van der Waals surface area contributed by atoms with Crippen LogP contribution in [-0.4, -0.2) is 49.6 Å². The molecule has 0 spiro atoms. The third-order valence-electron chi connectivity index (χ3n) is 2.60. The van der Waals surface area contributed by atoms with Gasteiger partial charge < -0.3 is 14.9 Å². The van der Waals surface area contributed by atoms with E-state index in [1.54, 1.807) is 0 Å². The number of ether oxygens (including phenoxy) is 1. The van der Waals surface area contributed by atoms with Crippen molar-refractivity contribution in [3.63, 3.8) is 0 Å². The Morgan fingerprint density at radius 3 is 2.95 bits per heavy atom. The molecule has 0 fully saturated rings. The van der Waals surface area contributed by atoms with Crippen LogP contribution in [0.3, 0.4) is 0 Å². The number of fused-ring (bicyclic) bond motifs is 1. The molecule has 2 heterocycles. The van der Waals surface area contributed by atoms with Crippen molar-refractivity contribution < 1.29 is 19.7 Å². The molecular formula is C10H11ClN4O4. The van der Waals surface area contributed by atoms with Crippen molar-refractivity contribution >= 4 is 28.6 Å². The zero-order chi connectivity index (χ0) is 14.0. The van der Waals surface area contributed by atoms with E-state index in [1.165, 1.54) is 13.4 Å². The number of H-pyrrole nitrogens is 1. The maximum atomic E-state index is 11.1. The molecule has 2 unspecified atom stereocenters. The lowest BCUT2D eigenvalue weighted by Crippen LogP contribution is -2.23. The van der Waals surface area contributed by atoms with Crippen LogP contribution in [0.15, 0.2) is 6.33 Å². The number of carbonyl (C=O) groups excluding carboxylic acids is 1. The van der Waals surface area contributed by atoms with Crippen LogP contribution in [0.25, 0.3) is 11.0 Å². The molecule has 0 aliphatic carbocycles. The van der Waals surface area contributed by atoms with Gasteiger partial charge in [-0.1, -0.05) is 11.6 Å². The van der Waals surface area contributed by atoms with Gasteiger partial charge >= 0.3 is 5.97 Å². The van der Waals surface area contributed by atoms with Gasteiger partial charge in [-0.05, 0) is 0 Å². The van der Waals surface area contributed by atoms with Gasteiger partial charge in [0.2, 0.25) is 0 Å². The molecule has 0 saturated heterocycles. The highest BCUT2D eigenvalue weighted by atomic mass is 35.5. The van der Waals surface area contributed by atoms with Gasteiger partial charge in [-0.25, -0.2) is 9.97 Å². The quantitative estimate of drug-likeness (QED) is 0.533. The molecule has 102 valence electrons. The number of aliphatic hydroxyl groups excluding tert-OH is 2. The van der Waals surface area contributed by atoms with Gasteiger partial charge in [-0.3, -0.25) is 9.89 Å². The van der Waals surface area contributed by atoms with E-state index in [9.17, 15) is 15.0 Å². The Hall–Kier alpha value is -1.77. The monoisotopic (exact) mass is 286 g/mol. The number of aliphatic hydroxyl groups is 2. The van der Waals surface area contributed by atoms with Crippen LogP contribution in [0, 0.1) is 0 Å². The highest BCUT2D eigenvalue weighted by Gasteiger charge is 2.26. The largest absolute Gasteiger partial charge is 0.469 e. The highest BCUT2D eigenvalue weighted by Crippen LogP contribution is 2.28. The number of carbonyl (C=O) groups is 1. The first-order valence-corrected chi connectivity index (χ1v) is 5.69. The molecule has 3 N–H and O–H groups in total. The summed E-state index contributed by atoms with van der Waals surface area (Å²) in [5, 5.41) is 26.5. The summed E-state index contributed by atoms with van der Waals surface area (Å²) in [6.45, 7) is 0. The summed E-state index contributed by atoms with van der Waals surface area (Å²) >= 11 is 5.89. The van der Waals surface area contributed by atoms with Crippen molar-refractivity contribution in [3.8, 4) is 0 Å². The molecule has 2 rings (SSSR count). The van der Waals surface area contributed by atoms with Crippen molar-refractivity contribution in [2.75, 3.05) is 7.11 Å². The minimum atomic E-state index is -1.38. The van der Waals surface area contributed by atoms with Crippen LogP contribution in [0.2, 0.25) is 5.15 Å². The minimum Gasteiger partial charge on any atom is -0.469 e. The summed E-state index contributed by atoms with van der Waals surface area (Å²) in [6, 6.07) is 0. The third-order valence-corrected chi connectivity index (χ3v) is 2.88. The normalized spacial score (nSPS) is 14.3. The Kier molecular flexibility index (Phi) is 3.93. The van der Waals surface area contributed by atoms with Crippen molar-refractivity contribution in [3.05, 3.63) is 17.2 Å². The second-order valence-electron chi connectivity index (χ2n) is 3.79. The molecule has 2 atom stereocenters. The third kappa shape index (κ3) is 2.65. The topological polar surface area (TPSA) is 121 Å². The van der Waals surface area contributed by atoms with Crippen LogP contribution in [0.1, 0.15) is 18.2 Å². The molecule has 2 aromatic heterocycles. The second kappa shape index (κ2) is 5.47. The van der Waals surface area contributed by atoms with E-state index >= 15 is 0 Å². The number of methoxy groups -OCH3 is 1. The molecule has 0 aromatic carbocycles. The van der Waals surface area contributed by atoms with E-state index in [-0.39, 0.29) is 22.9 Å². The van der Waals surface area contributed by atoms with Gasteiger partial charge in [0.25, 0.3) is 0 Å². The highest BCUT2D eigenvalue weighted by molar-refractivity contribution is 6.34. The van der Waals surface area contributed by atoms with Gasteiger partial charge in [-0.2, -0.15) is 5.10 Å². The number of esters is 1. The molecule has 2 aromatic rings. The average Bonchev–Trinajstić information content (AvgIpc) is 2.82. The van der Waals surface area contributed by atoms with E-state index in [0.29, 0.717) is 5.39 Å². The van der Waals surface area contributed by atoms with Crippen molar-refractivity contribution in [2.45, 2.75) is 18.6 Å². The Bertz CT molecular complexity index is 602. The molecule has 0 aliphatic rings. The Labute approximate surface area is 112 Å². The molecule has 0 bridgehead atoms. The lowest BCUT2D eigenvalue weighted by molar-refractivity contribution is -0.144. The summed E-state index contributed by atoms with van der Waals surface area (Å²) in [5.74, 6) is -0.641. The Balaban J connectivity index is 2.31. The lowest BCUT2D eigenvalue weighted by Gasteiger charge is -2.15.